The molecule has 1 aliphatic carbocycles. The van der Waals surface area contributed by atoms with E-state index in [1.54, 1.807) is 6.08 Å². The molecule has 1 aliphatic rings. The van der Waals surface area contributed by atoms with E-state index in [9.17, 15) is 5.26 Å². The van der Waals surface area contributed by atoms with Crippen molar-refractivity contribution >= 4 is 5.57 Å². The van der Waals surface area contributed by atoms with Gasteiger partial charge in [0.15, 0.2) is 0 Å². The number of allylic oxidation sites excluding steroid dienone is 1. The number of rotatable bonds is 5. The van der Waals surface area contributed by atoms with Crippen molar-refractivity contribution in [2.75, 3.05) is 0 Å². The Kier molecular flexibility index (Phi) is 5.91. The van der Waals surface area contributed by atoms with E-state index in [1.807, 2.05) is 6.07 Å². The third kappa shape index (κ3) is 4.25. The van der Waals surface area contributed by atoms with Gasteiger partial charge in [-0.2, -0.15) is 5.26 Å². The van der Waals surface area contributed by atoms with Crippen molar-refractivity contribution < 1.29 is 0 Å². The van der Waals surface area contributed by atoms with Crippen LogP contribution in [0.4, 0.5) is 0 Å². The summed E-state index contributed by atoms with van der Waals surface area (Å²) in [5, 5.41) is 9.45. The minimum Gasteiger partial charge on any atom is -0.330 e. The molecule has 0 unspecified atom stereocenters. The number of imidazole rings is 1. The number of nitriles is 1. The largest absolute Gasteiger partial charge is 0.330 e. The summed E-state index contributed by atoms with van der Waals surface area (Å²) in [6, 6.07) is 27.8. The lowest BCUT2D eigenvalue weighted by Crippen LogP contribution is -2.05. The number of hydrogen-bond acceptors (Lipinski definition) is 2. The summed E-state index contributed by atoms with van der Waals surface area (Å²) >= 11 is 0. The molecule has 5 rings (SSSR count). The molecule has 1 aromatic heterocycles. The Bertz CT molecular complexity index is 1350. The Morgan fingerprint density at radius 3 is 2.52 bits per heavy atom. The zero-order valence-electron chi connectivity index (χ0n) is 19.0. The first-order valence-electron chi connectivity index (χ1n) is 11.7. The van der Waals surface area contributed by atoms with Gasteiger partial charge in [-0.3, -0.25) is 0 Å². The molecule has 0 fully saturated rings. The van der Waals surface area contributed by atoms with Crippen LogP contribution in [0.25, 0.3) is 16.8 Å². The van der Waals surface area contributed by atoms with E-state index >= 15 is 0 Å². The van der Waals surface area contributed by atoms with Gasteiger partial charge in [-0.1, -0.05) is 79.7 Å². The molecule has 0 amide bonds. The molecule has 3 nitrogen and oxygen atoms in total. The van der Waals surface area contributed by atoms with Crippen LogP contribution in [0.2, 0.25) is 0 Å². The minimum absolute atomic E-state index is 0.798. The summed E-state index contributed by atoms with van der Waals surface area (Å²) in [6.45, 7) is 3.00. The summed E-state index contributed by atoms with van der Waals surface area (Å²) in [5.74, 6) is 1.13. The van der Waals surface area contributed by atoms with Crippen LogP contribution in [-0.2, 0) is 25.8 Å². The maximum Gasteiger partial charge on any atom is 0.109 e. The molecule has 0 saturated heterocycles. The van der Waals surface area contributed by atoms with Gasteiger partial charge in [0, 0.05) is 30.8 Å². The summed E-state index contributed by atoms with van der Waals surface area (Å²) in [5.41, 5.74) is 9.46. The number of nitrogens with zero attached hydrogens (tertiary/aromatic N) is 3. The van der Waals surface area contributed by atoms with Crippen LogP contribution < -0.4 is 0 Å². The second-order valence-electron chi connectivity index (χ2n) is 8.62. The maximum absolute atomic E-state index is 9.45. The molecule has 0 saturated carbocycles. The number of aryl methyl sites for hydroxylation is 3. The predicted molar refractivity (Wildman–Crippen MR) is 134 cm³/mol. The quantitative estimate of drug-likeness (QED) is 0.335. The Morgan fingerprint density at radius 2 is 1.70 bits per heavy atom. The first kappa shape index (κ1) is 21.0. The number of aromatic nitrogens is 2. The van der Waals surface area contributed by atoms with E-state index in [4.69, 9.17) is 4.98 Å². The molecule has 0 aliphatic heterocycles. The van der Waals surface area contributed by atoms with Crippen LogP contribution in [0.15, 0.2) is 85.1 Å². The number of benzene rings is 3. The van der Waals surface area contributed by atoms with Crippen LogP contribution in [-0.4, -0.2) is 9.55 Å². The lowest BCUT2D eigenvalue weighted by Gasteiger charge is -2.13. The van der Waals surface area contributed by atoms with E-state index in [0.29, 0.717) is 0 Å². The molecular weight excluding hydrogens is 402 g/mol. The van der Waals surface area contributed by atoms with E-state index in [0.717, 1.165) is 54.9 Å². The topological polar surface area (TPSA) is 41.6 Å². The summed E-state index contributed by atoms with van der Waals surface area (Å²) in [6.07, 6.45) is 7.87. The number of hydrogen-bond donors (Lipinski definition) is 0. The fraction of sp³-hybridized carbons (Fsp3) is 0.200. The molecule has 4 aromatic rings. The average Bonchev–Trinajstić information content (AvgIpc) is 3.17. The van der Waals surface area contributed by atoms with Crippen molar-refractivity contribution in [3.8, 4) is 17.3 Å². The highest BCUT2D eigenvalue weighted by Crippen LogP contribution is 2.34. The third-order valence-electron chi connectivity index (χ3n) is 6.40. The number of fused-ring (bicyclic) bond motifs is 2. The fourth-order valence-corrected chi connectivity index (χ4v) is 4.81. The van der Waals surface area contributed by atoms with Crippen LogP contribution in [0.1, 0.15) is 47.0 Å². The molecule has 0 atom stereocenters. The highest BCUT2D eigenvalue weighted by Gasteiger charge is 2.18. The lowest BCUT2D eigenvalue weighted by atomic mass is 9.93. The van der Waals surface area contributed by atoms with Gasteiger partial charge in [-0.15, -0.1) is 0 Å². The lowest BCUT2D eigenvalue weighted by molar-refractivity contribution is 0.704. The SMILES string of the molecule is CCCc1nc(-c2ccccc2)cn1Cc1ccc2c(c1)CCc1ccccc1/C2=C\C#N. The Labute approximate surface area is 195 Å². The minimum atomic E-state index is 0.798. The molecule has 0 spiro atoms. The van der Waals surface area contributed by atoms with Crippen molar-refractivity contribution in [3.05, 3.63) is 119 Å². The average molecular weight is 430 g/mol. The predicted octanol–water partition coefficient (Wildman–Crippen LogP) is 6.60. The summed E-state index contributed by atoms with van der Waals surface area (Å²) in [4.78, 5) is 4.95. The van der Waals surface area contributed by atoms with E-state index < -0.39 is 0 Å². The third-order valence-corrected chi connectivity index (χ3v) is 6.40. The summed E-state index contributed by atoms with van der Waals surface area (Å²) in [7, 11) is 0. The highest BCUT2D eigenvalue weighted by molar-refractivity contribution is 5.85. The second-order valence-corrected chi connectivity index (χ2v) is 8.62. The molecule has 3 heteroatoms. The molecule has 162 valence electrons. The highest BCUT2D eigenvalue weighted by atomic mass is 15.1. The van der Waals surface area contributed by atoms with Gasteiger partial charge in [0.1, 0.15) is 5.82 Å². The van der Waals surface area contributed by atoms with Gasteiger partial charge in [0.25, 0.3) is 0 Å². The van der Waals surface area contributed by atoms with Crippen molar-refractivity contribution in [1.29, 1.82) is 5.26 Å². The normalized spacial score (nSPS) is 13.8. The zero-order chi connectivity index (χ0) is 22.6. The molecule has 3 aromatic carbocycles. The fourth-order valence-electron chi connectivity index (χ4n) is 4.81. The Hall–Kier alpha value is -3.90. The molecule has 1 heterocycles. The van der Waals surface area contributed by atoms with Crippen molar-refractivity contribution in [2.45, 2.75) is 39.2 Å². The molecule has 33 heavy (non-hydrogen) atoms. The van der Waals surface area contributed by atoms with E-state index in [2.05, 4.69) is 90.5 Å². The Balaban J connectivity index is 1.50. The molecule has 0 radical (unpaired) electrons. The first-order valence-corrected chi connectivity index (χ1v) is 11.7. The van der Waals surface area contributed by atoms with Gasteiger partial charge >= 0.3 is 0 Å². The molecule has 0 bridgehead atoms. The van der Waals surface area contributed by atoms with E-state index in [1.165, 1.54) is 27.8 Å². The van der Waals surface area contributed by atoms with Crippen LogP contribution >= 0.6 is 0 Å². The van der Waals surface area contributed by atoms with Gasteiger partial charge in [-0.25, -0.2) is 4.98 Å². The van der Waals surface area contributed by atoms with Crippen LogP contribution in [0.5, 0.6) is 0 Å². The van der Waals surface area contributed by atoms with Crippen molar-refractivity contribution in [1.82, 2.24) is 9.55 Å². The smallest absolute Gasteiger partial charge is 0.109 e. The first-order chi connectivity index (χ1) is 16.3. The van der Waals surface area contributed by atoms with Crippen LogP contribution in [0, 0.1) is 11.3 Å². The Morgan fingerprint density at radius 1 is 0.939 bits per heavy atom. The summed E-state index contributed by atoms with van der Waals surface area (Å²) < 4.78 is 2.30. The second kappa shape index (κ2) is 9.30. The monoisotopic (exact) mass is 429 g/mol. The zero-order valence-corrected chi connectivity index (χ0v) is 19.0. The van der Waals surface area contributed by atoms with Crippen molar-refractivity contribution in [2.24, 2.45) is 0 Å². The van der Waals surface area contributed by atoms with E-state index in [-0.39, 0.29) is 0 Å². The van der Waals surface area contributed by atoms with Gasteiger partial charge in [-0.05, 0) is 52.7 Å². The van der Waals surface area contributed by atoms with Gasteiger partial charge < -0.3 is 4.57 Å². The van der Waals surface area contributed by atoms with Gasteiger partial charge in [0.05, 0.1) is 11.8 Å². The maximum atomic E-state index is 9.45. The molecule has 0 N–H and O–H groups in total. The molecular formula is C30H27N3. The van der Waals surface area contributed by atoms with Gasteiger partial charge in [0.2, 0.25) is 0 Å². The van der Waals surface area contributed by atoms with Crippen LogP contribution in [0.3, 0.4) is 0 Å². The standard InChI is InChI=1S/C30H27N3/c1-2-8-30-32-29(24-10-4-3-5-11-24)21-33(30)20-22-13-16-27-25(19-22)15-14-23-9-6-7-12-26(23)28(27)17-18-31/h3-7,9-13,16-17,19,21H,2,8,14-15,20H2,1H3/b28-17+. The van der Waals surface area contributed by atoms with Crippen molar-refractivity contribution in [3.63, 3.8) is 0 Å².